The van der Waals surface area contributed by atoms with Gasteiger partial charge >= 0.3 is 0 Å². The first-order chi connectivity index (χ1) is 9.84. The van der Waals surface area contributed by atoms with Crippen LogP contribution in [0.5, 0.6) is 0 Å². The van der Waals surface area contributed by atoms with Crippen LogP contribution in [-0.4, -0.2) is 4.57 Å². The van der Waals surface area contributed by atoms with Crippen LogP contribution in [0.4, 0.5) is 0 Å². The van der Waals surface area contributed by atoms with Gasteiger partial charge in [-0.25, -0.2) is 0 Å². The highest BCUT2D eigenvalue weighted by atomic mass is 79.9. The molecule has 0 spiro atoms. The summed E-state index contributed by atoms with van der Waals surface area (Å²) in [6.45, 7) is 0. The molecule has 0 unspecified atom stereocenters. The lowest BCUT2D eigenvalue weighted by molar-refractivity contribution is 1.14. The lowest BCUT2D eigenvalue weighted by Gasteiger charge is -2.09. The zero-order valence-electron chi connectivity index (χ0n) is 10.8. The number of fused-ring (bicyclic) bond motifs is 2. The molecular weight excluding hydrogens is 310 g/mol. The minimum Gasteiger partial charge on any atom is -0.315 e. The van der Waals surface area contributed by atoms with Crippen molar-refractivity contribution in [2.24, 2.45) is 0 Å². The minimum atomic E-state index is 1.13. The molecule has 0 aliphatic heterocycles. The molecule has 0 aliphatic rings. The van der Waals surface area contributed by atoms with Crippen LogP contribution in [-0.2, 0) is 0 Å². The van der Waals surface area contributed by atoms with Crippen molar-refractivity contribution in [3.05, 3.63) is 77.4 Å². The highest BCUT2D eigenvalue weighted by Gasteiger charge is 2.09. The van der Waals surface area contributed by atoms with E-state index in [4.69, 9.17) is 0 Å². The minimum absolute atomic E-state index is 1.13. The molecule has 0 aliphatic carbocycles. The lowest BCUT2D eigenvalue weighted by Crippen LogP contribution is -1.92. The standard InChI is InChI=1S/C18H12BrN/c19-16-12-20(18-10-4-3-9-15(16)18)17-11-5-7-13-6-1-2-8-14(13)17/h1-12H. The van der Waals surface area contributed by atoms with E-state index in [0.717, 1.165) is 4.47 Å². The van der Waals surface area contributed by atoms with Crippen LogP contribution in [0.1, 0.15) is 0 Å². The summed E-state index contributed by atoms with van der Waals surface area (Å²) in [5, 5.41) is 3.77. The zero-order chi connectivity index (χ0) is 13.5. The van der Waals surface area contributed by atoms with E-state index >= 15 is 0 Å². The van der Waals surface area contributed by atoms with Crippen LogP contribution in [0.25, 0.3) is 27.4 Å². The summed E-state index contributed by atoms with van der Waals surface area (Å²) in [6.07, 6.45) is 2.15. The normalized spacial score (nSPS) is 11.2. The largest absolute Gasteiger partial charge is 0.315 e. The van der Waals surface area contributed by atoms with E-state index in [-0.39, 0.29) is 0 Å². The number of rotatable bonds is 1. The molecule has 0 bridgehead atoms. The predicted octanol–water partition coefficient (Wildman–Crippen LogP) is 5.55. The third kappa shape index (κ3) is 1.69. The highest BCUT2D eigenvalue weighted by Crippen LogP contribution is 2.31. The molecule has 0 N–H and O–H groups in total. The molecule has 4 rings (SSSR count). The van der Waals surface area contributed by atoms with E-state index in [2.05, 4.69) is 93.4 Å². The Labute approximate surface area is 125 Å². The van der Waals surface area contributed by atoms with E-state index in [9.17, 15) is 0 Å². The van der Waals surface area contributed by atoms with Crippen molar-refractivity contribution < 1.29 is 0 Å². The SMILES string of the molecule is Brc1cn(-c2cccc3ccccc23)c2ccccc12. The summed E-state index contributed by atoms with van der Waals surface area (Å²) >= 11 is 3.66. The maximum atomic E-state index is 3.66. The third-order valence-corrected chi connectivity index (χ3v) is 4.32. The first-order valence-corrected chi connectivity index (χ1v) is 7.37. The summed E-state index contributed by atoms with van der Waals surface area (Å²) in [7, 11) is 0. The number of aromatic nitrogens is 1. The Hall–Kier alpha value is -2.06. The van der Waals surface area contributed by atoms with Gasteiger partial charge in [0, 0.05) is 21.4 Å². The van der Waals surface area contributed by atoms with Crippen LogP contribution in [0.3, 0.4) is 0 Å². The number of hydrogen-bond donors (Lipinski definition) is 0. The fraction of sp³-hybridized carbons (Fsp3) is 0. The van der Waals surface area contributed by atoms with Crippen molar-refractivity contribution in [3.8, 4) is 5.69 Å². The summed E-state index contributed by atoms with van der Waals surface area (Å²) < 4.78 is 3.38. The van der Waals surface area contributed by atoms with Crippen molar-refractivity contribution in [1.82, 2.24) is 4.57 Å². The van der Waals surface area contributed by atoms with Crippen LogP contribution >= 0.6 is 15.9 Å². The quantitative estimate of drug-likeness (QED) is 0.433. The molecule has 3 aromatic carbocycles. The smallest absolute Gasteiger partial charge is 0.0540 e. The second kappa shape index (κ2) is 4.50. The van der Waals surface area contributed by atoms with Gasteiger partial charge in [-0.15, -0.1) is 0 Å². The summed E-state index contributed by atoms with van der Waals surface area (Å²) in [5.41, 5.74) is 2.43. The molecular formula is C18H12BrN. The van der Waals surface area contributed by atoms with Crippen molar-refractivity contribution in [2.75, 3.05) is 0 Å². The Morgan fingerprint density at radius 3 is 2.30 bits per heavy atom. The van der Waals surface area contributed by atoms with Crippen LogP contribution in [0.15, 0.2) is 77.4 Å². The number of nitrogens with zero attached hydrogens (tertiary/aromatic N) is 1. The fourth-order valence-electron chi connectivity index (χ4n) is 2.76. The van der Waals surface area contributed by atoms with Crippen LogP contribution in [0, 0.1) is 0 Å². The highest BCUT2D eigenvalue weighted by molar-refractivity contribution is 9.10. The first-order valence-electron chi connectivity index (χ1n) is 6.58. The Bertz CT molecular complexity index is 916. The molecule has 2 heteroatoms. The second-order valence-electron chi connectivity index (χ2n) is 4.86. The molecule has 20 heavy (non-hydrogen) atoms. The molecule has 0 amide bonds. The van der Waals surface area contributed by atoms with Crippen LogP contribution < -0.4 is 0 Å². The fourth-order valence-corrected chi connectivity index (χ4v) is 3.30. The molecule has 96 valence electrons. The maximum Gasteiger partial charge on any atom is 0.0540 e. The lowest BCUT2D eigenvalue weighted by atomic mass is 10.1. The van der Waals surface area contributed by atoms with Gasteiger partial charge in [-0.2, -0.15) is 0 Å². The molecule has 0 radical (unpaired) electrons. The second-order valence-corrected chi connectivity index (χ2v) is 5.72. The van der Waals surface area contributed by atoms with Gasteiger partial charge in [0.15, 0.2) is 0 Å². The van der Waals surface area contributed by atoms with E-state index < -0.39 is 0 Å². The number of para-hydroxylation sites is 1. The van der Waals surface area contributed by atoms with Gasteiger partial charge in [0.2, 0.25) is 0 Å². The first kappa shape index (κ1) is 11.7. The molecule has 4 aromatic rings. The topological polar surface area (TPSA) is 4.93 Å². The molecule has 0 fully saturated rings. The molecule has 0 saturated carbocycles. The monoisotopic (exact) mass is 321 g/mol. The average Bonchev–Trinajstić information content (AvgIpc) is 2.84. The number of hydrogen-bond acceptors (Lipinski definition) is 0. The van der Waals surface area contributed by atoms with Gasteiger partial charge in [-0.3, -0.25) is 0 Å². The van der Waals surface area contributed by atoms with E-state index in [1.54, 1.807) is 0 Å². The maximum absolute atomic E-state index is 3.66. The van der Waals surface area contributed by atoms with E-state index in [0.29, 0.717) is 0 Å². The molecule has 1 aromatic heterocycles. The van der Waals surface area contributed by atoms with Crippen molar-refractivity contribution in [1.29, 1.82) is 0 Å². The Morgan fingerprint density at radius 1 is 0.700 bits per heavy atom. The zero-order valence-corrected chi connectivity index (χ0v) is 12.3. The molecule has 1 heterocycles. The predicted molar refractivity (Wildman–Crippen MR) is 88.5 cm³/mol. The van der Waals surface area contributed by atoms with Gasteiger partial charge in [-0.1, -0.05) is 54.6 Å². The average molecular weight is 322 g/mol. The van der Waals surface area contributed by atoms with Crippen molar-refractivity contribution >= 4 is 37.6 Å². The number of halogens is 1. The van der Waals surface area contributed by atoms with Gasteiger partial charge < -0.3 is 4.57 Å². The van der Waals surface area contributed by atoms with Gasteiger partial charge in [0.05, 0.1) is 11.2 Å². The Morgan fingerprint density at radius 2 is 1.40 bits per heavy atom. The van der Waals surface area contributed by atoms with E-state index in [1.807, 2.05) is 0 Å². The van der Waals surface area contributed by atoms with E-state index in [1.165, 1.54) is 27.4 Å². The van der Waals surface area contributed by atoms with Crippen LogP contribution in [0.2, 0.25) is 0 Å². The summed E-state index contributed by atoms with van der Waals surface area (Å²) in [6, 6.07) is 23.4. The van der Waals surface area contributed by atoms with Crippen molar-refractivity contribution in [3.63, 3.8) is 0 Å². The molecule has 0 atom stereocenters. The summed E-state index contributed by atoms with van der Waals surface area (Å²) in [5.74, 6) is 0. The summed E-state index contributed by atoms with van der Waals surface area (Å²) in [4.78, 5) is 0. The Kier molecular flexibility index (Phi) is 2.64. The van der Waals surface area contributed by atoms with Crippen molar-refractivity contribution in [2.45, 2.75) is 0 Å². The van der Waals surface area contributed by atoms with Gasteiger partial charge in [0.25, 0.3) is 0 Å². The van der Waals surface area contributed by atoms with Gasteiger partial charge in [-0.05, 0) is 33.4 Å². The molecule has 0 saturated heterocycles. The third-order valence-electron chi connectivity index (χ3n) is 3.69. The Balaban J connectivity index is 2.12. The molecule has 1 nitrogen and oxygen atoms in total. The van der Waals surface area contributed by atoms with Gasteiger partial charge in [0.1, 0.15) is 0 Å². The number of benzene rings is 3.